The van der Waals surface area contributed by atoms with Crippen molar-refractivity contribution in [2.24, 2.45) is 5.92 Å². The molecule has 2 amide bonds. The third-order valence-corrected chi connectivity index (χ3v) is 3.94. The summed E-state index contributed by atoms with van der Waals surface area (Å²) < 4.78 is 10.0. The third kappa shape index (κ3) is 7.82. The standard InChI is InChI=1S/C21H30N2O5/c1-7-14(2)17(19(25)27-6)23-18(24)16(13-15-11-9-8-10-12-15)22-20(26)28-21(3,4)5/h7-12,14,16-17H,1,13H2,2-6H3,(H,22,26)(H,23,24)/t14-,16-,17-/m0/s1. The molecule has 1 rings (SSSR count). The maximum Gasteiger partial charge on any atom is 0.408 e. The van der Waals surface area contributed by atoms with Gasteiger partial charge in [0, 0.05) is 12.3 Å². The molecular formula is C21H30N2O5. The number of esters is 1. The second kappa shape index (κ2) is 10.5. The largest absolute Gasteiger partial charge is 0.467 e. The number of hydrogen-bond donors (Lipinski definition) is 2. The zero-order valence-electron chi connectivity index (χ0n) is 17.2. The van der Waals surface area contributed by atoms with E-state index in [0.717, 1.165) is 5.56 Å². The van der Waals surface area contributed by atoms with E-state index in [1.165, 1.54) is 7.11 Å². The van der Waals surface area contributed by atoms with Crippen LogP contribution in [0.4, 0.5) is 4.79 Å². The number of carbonyl (C=O) groups is 3. The Balaban J connectivity index is 3.00. The summed E-state index contributed by atoms with van der Waals surface area (Å²) in [6.07, 6.45) is 1.08. The molecule has 1 aromatic carbocycles. The Labute approximate surface area is 166 Å². The Morgan fingerprint density at radius 3 is 2.25 bits per heavy atom. The molecule has 0 heterocycles. The van der Waals surface area contributed by atoms with Gasteiger partial charge in [-0.15, -0.1) is 6.58 Å². The van der Waals surface area contributed by atoms with Crippen LogP contribution in [-0.4, -0.2) is 42.8 Å². The number of methoxy groups -OCH3 is 1. The van der Waals surface area contributed by atoms with Crippen LogP contribution in [0.2, 0.25) is 0 Å². The minimum Gasteiger partial charge on any atom is -0.467 e. The molecule has 0 aliphatic heterocycles. The second-order valence-corrected chi connectivity index (χ2v) is 7.49. The highest BCUT2D eigenvalue weighted by Gasteiger charge is 2.31. The molecule has 7 heteroatoms. The number of nitrogens with one attached hydrogen (secondary N) is 2. The molecule has 0 bridgehead atoms. The first-order chi connectivity index (χ1) is 13.1. The quantitative estimate of drug-likeness (QED) is 0.526. The highest BCUT2D eigenvalue weighted by atomic mass is 16.6. The van der Waals surface area contributed by atoms with Crippen LogP contribution in [0.15, 0.2) is 43.0 Å². The van der Waals surface area contributed by atoms with E-state index in [-0.39, 0.29) is 12.3 Å². The monoisotopic (exact) mass is 390 g/mol. The molecule has 0 saturated carbocycles. The van der Waals surface area contributed by atoms with Crippen LogP contribution >= 0.6 is 0 Å². The number of amides is 2. The summed E-state index contributed by atoms with van der Waals surface area (Å²) in [7, 11) is 1.25. The van der Waals surface area contributed by atoms with Crippen molar-refractivity contribution in [1.82, 2.24) is 10.6 Å². The van der Waals surface area contributed by atoms with Gasteiger partial charge in [0.2, 0.25) is 5.91 Å². The molecule has 0 saturated heterocycles. The van der Waals surface area contributed by atoms with Crippen LogP contribution < -0.4 is 10.6 Å². The van der Waals surface area contributed by atoms with Crippen LogP contribution in [0.1, 0.15) is 33.3 Å². The number of carbonyl (C=O) groups excluding carboxylic acids is 3. The van der Waals surface area contributed by atoms with Gasteiger partial charge >= 0.3 is 12.1 Å². The molecule has 1 aromatic rings. The van der Waals surface area contributed by atoms with Gasteiger partial charge in [-0.1, -0.05) is 43.3 Å². The van der Waals surface area contributed by atoms with Gasteiger partial charge in [0.15, 0.2) is 0 Å². The molecule has 0 aliphatic carbocycles. The smallest absolute Gasteiger partial charge is 0.408 e. The Hall–Kier alpha value is -2.83. The maximum absolute atomic E-state index is 12.9. The summed E-state index contributed by atoms with van der Waals surface area (Å²) in [5.41, 5.74) is 0.147. The molecule has 154 valence electrons. The van der Waals surface area contributed by atoms with Gasteiger partial charge < -0.3 is 20.1 Å². The fourth-order valence-corrected chi connectivity index (χ4v) is 2.43. The SMILES string of the molecule is C=C[C@H](C)[C@H](NC(=O)[C@H](Cc1ccccc1)NC(=O)OC(C)(C)C)C(=O)OC. The van der Waals surface area contributed by atoms with Gasteiger partial charge in [0.1, 0.15) is 17.7 Å². The van der Waals surface area contributed by atoms with Crippen LogP contribution in [0.3, 0.4) is 0 Å². The van der Waals surface area contributed by atoms with E-state index in [0.29, 0.717) is 0 Å². The van der Waals surface area contributed by atoms with Crippen molar-refractivity contribution in [1.29, 1.82) is 0 Å². The van der Waals surface area contributed by atoms with E-state index >= 15 is 0 Å². The number of ether oxygens (including phenoxy) is 2. The van der Waals surface area contributed by atoms with E-state index in [2.05, 4.69) is 17.2 Å². The molecule has 3 atom stereocenters. The Morgan fingerprint density at radius 1 is 1.14 bits per heavy atom. The van der Waals surface area contributed by atoms with Gasteiger partial charge in [-0.3, -0.25) is 4.79 Å². The van der Waals surface area contributed by atoms with Crippen molar-refractivity contribution < 1.29 is 23.9 Å². The number of alkyl carbamates (subject to hydrolysis) is 1. The van der Waals surface area contributed by atoms with Crippen molar-refractivity contribution >= 4 is 18.0 Å². The van der Waals surface area contributed by atoms with Gasteiger partial charge in [0.25, 0.3) is 0 Å². The number of rotatable bonds is 8. The molecule has 0 aliphatic rings. The average Bonchev–Trinajstić information content (AvgIpc) is 2.63. The zero-order chi connectivity index (χ0) is 21.3. The zero-order valence-corrected chi connectivity index (χ0v) is 17.2. The fourth-order valence-electron chi connectivity index (χ4n) is 2.43. The van der Waals surface area contributed by atoms with Gasteiger partial charge in [-0.25, -0.2) is 9.59 Å². The third-order valence-electron chi connectivity index (χ3n) is 3.94. The first-order valence-electron chi connectivity index (χ1n) is 9.11. The fraction of sp³-hybridized carbons (Fsp3) is 0.476. The van der Waals surface area contributed by atoms with Crippen LogP contribution in [0, 0.1) is 5.92 Å². The first kappa shape index (κ1) is 23.2. The molecule has 0 fully saturated rings. The predicted molar refractivity (Wildman–Crippen MR) is 107 cm³/mol. The summed E-state index contributed by atoms with van der Waals surface area (Å²) >= 11 is 0. The normalized spacial score (nSPS) is 14.2. The minimum atomic E-state index is -0.929. The van der Waals surface area contributed by atoms with Crippen molar-refractivity contribution in [3.63, 3.8) is 0 Å². The van der Waals surface area contributed by atoms with Crippen molar-refractivity contribution in [3.05, 3.63) is 48.6 Å². The molecule has 0 unspecified atom stereocenters. The summed E-state index contributed by atoms with van der Waals surface area (Å²) in [4.78, 5) is 37.1. The van der Waals surface area contributed by atoms with Crippen molar-refractivity contribution in [2.75, 3.05) is 7.11 Å². The Bertz CT molecular complexity index is 682. The number of hydrogen-bond acceptors (Lipinski definition) is 5. The molecule has 0 radical (unpaired) electrons. The molecular weight excluding hydrogens is 360 g/mol. The van der Waals surface area contributed by atoms with E-state index < -0.39 is 35.7 Å². The lowest BCUT2D eigenvalue weighted by atomic mass is 10.0. The lowest BCUT2D eigenvalue weighted by Gasteiger charge is -2.26. The highest BCUT2D eigenvalue weighted by molar-refractivity contribution is 5.90. The van der Waals surface area contributed by atoms with E-state index in [4.69, 9.17) is 9.47 Å². The van der Waals surface area contributed by atoms with Crippen LogP contribution in [0.25, 0.3) is 0 Å². The van der Waals surface area contributed by atoms with E-state index in [9.17, 15) is 14.4 Å². The molecule has 2 N–H and O–H groups in total. The molecule has 0 spiro atoms. The predicted octanol–water partition coefficient (Wildman–Crippen LogP) is 2.60. The summed E-state index contributed by atoms with van der Waals surface area (Å²) in [5.74, 6) is -1.45. The van der Waals surface area contributed by atoms with Crippen LogP contribution in [-0.2, 0) is 25.5 Å². The van der Waals surface area contributed by atoms with Gasteiger partial charge in [0.05, 0.1) is 7.11 Å². The van der Waals surface area contributed by atoms with E-state index in [1.807, 2.05) is 30.3 Å². The topological polar surface area (TPSA) is 93.7 Å². The summed E-state index contributed by atoms with van der Waals surface area (Å²) in [5, 5.41) is 5.24. The van der Waals surface area contributed by atoms with Crippen molar-refractivity contribution in [3.8, 4) is 0 Å². The van der Waals surface area contributed by atoms with E-state index in [1.54, 1.807) is 33.8 Å². The summed E-state index contributed by atoms with van der Waals surface area (Å²) in [6.45, 7) is 10.6. The van der Waals surface area contributed by atoms with Gasteiger partial charge in [-0.2, -0.15) is 0 Å². The minimum absolute atomic E-state index is 0.238. The maximum atomic E-state index is 12.9. The lowest BCUT2D eigenvalue weighted by Crippen LogP contribution is -2.54. The lowest BCUT2D eigenvalue weighted by molar-refractivity contribution is -0.146. The number of benzene rings is 1. The van der Waals surface area contributed by atoms with Crippen molar-refractivity contribution in [2.45, 2.75) is 51.8 Å². The summed E-state index contributed by atoms with van der Waals surface area (Å²) in [6, 6.07) is 7.40. The second-order valence-electron chi connectivity index (χ2n) is 7.49. The van der Waals surface area contributed by atoms with Gasteiger partial charge in [-0.05, 0) is 26.3 Å². The Kier molecular flexibility index (Phi) is 8.70. The average molecular weight is 390 g/mol. The van der Waals surface area contributed by atoms with Crippen LogP contribution in [0.5, 0.6) is 0 Å². The molecule has 7 nitrogen and oxygen atoms in total. The Morgan fingerprint density at radius 2 is 1.75 bits per heavy atom. The molecule has 0 aromatic heterocycles. The first-order valence-corrected chi connectivity index (χ1v) is 9.11. The molecule has 28 heavy (non-hydrogen) atoms. The highest BCUT2D eigenvalue weighted by Crippen LogP contribution is 2.11.